The third kappa shape index (κ3) is 4.84. The van der Waals surface area contributed by atoms with Crippen LogP contribution in [0.15, 0.2) is 22.6 Å². The highest BCUT2D eigenvalue weighted by Gasteiger charge is 2.22. The topological polar surface area (TPSA) is 64.4 Å². The number of carbonyl (C=O) groups excluding carboxylic acids is 1. The van der Waals surface area contributed by atoms with Crippen LogP contribution in [-0.2, 0) is 11.8 Å². The van der Waals surface area contributed by atoms with Crippen LogP contribution in [0.1, 0.15) is 60.5 Å². The molecule has 2 rings (SSSR count). The fraction of sp³-hybridized carbons (Fsp3) is 0.500. The molecule has 0 atom stereocenters. The second-order valence-electron chi connectivity index (χ2n) is 7.32. The van der Waals surface area contributed by atoms with Gasteiger partial charge in [-0.3, -0.25) is 4.79 Å². The summed E-state index contributed by atoms with van der Waals surface area (Å²) in [6, 6.07) is 5.43. The molecule has 1 aromatic carbocycles. The molecule has 0 aliphatic carbocycles. The smallest absolute Gasteiger partial charge is 0.251 e. The maximum absolute atomic E-state index is 12.2. The summed E-state index contributed by atoms with van der Waals surface area (Å²) in [7, 11) is 1.62. The van der Waals surface area contributed by atoms with Gasteiger partial charge in [0.2, 0.25) is 0 Å². The number of aryl methyl sites for hydroxylation is 3. The molecule has 2 aromatic rings. The Balaban J connectivity index is 1.86. The largest absolute Gasteiger partial charge is 0.496 e. The summed E-state index contributed by atoms with van der Waals surface area (Å²) in [5, 5.41) is 2.95. The van der Waals surface area contributed by atoms with Crippen molar-refractivity contribution in [2.75, 3.05) is 13.7 Å². The molecule has 5 nitrogen and oxygen atoms in total. The fourth-order valence-electron chi connectivity index (χ4n) is 2.55. The molecule has 0 aliphatic rings. The SMILES string of the molecule is COc1ccc(C(=O)NCCCc2oc(C(C)(C)C)nc2C)cc1C. The van der Waals surface area contributed by atoms with Gasteiger partial charge in [0.05, 0.1) is 12.8 Å². The molecule has 0 saturated heterocycles. The number of rotatable bonds is 6. The van der Waals surface area contributed by atoms with E-state index in [2.05, 4.69) is 31.1 Å². The number of ether oxygens (including phenoxy) is 1. The number of nitrogens with one attached hydrogen (secondary N) is 1. The minimum absolute atomic E-state index is 0.0737. The quantitative estimate of drug-likeness (QED) is 0.806. The Labute approximate surface area is 149 Å². The van der Waals surface area contributed by atoms with E-state index < -0.39 is 0 Å². The molecule has 1 N–H and O–H groups in total. The summed E-state index contributed by atoms with van der Waals surface area (Å²) >= 11 is 0. The number of carbonyl (C=O) groups is 1. The van der Waals surface area contributed by atoms with Crippen molar-refractivity contribution >= 4 is 5.91 Å². The van der Waals surface area contributed by atoms with Crippen molar-refractivity contribution in [3.63, 3.8) is 0 Å². The second kappa shape index (κ2) is 7.72. The van der Waals surface area contributed by atoms with Crippen LogP contribution >= 0.6 is 0 Å². The first-order chi connectivity index (χ1) is 11.7. The molecule has 1 aromatic heterocycles. The first kappa shape index (κ1) is 19.0. The van der Waals surface area contributed by atoms with Crippen LogP contribution in [0.5, 0.6) is 5.75 Å². The van der Waals surface area contributed by atoms with Crippen LogP contribution < -0.4 is 10.1 Å². The predicted octanol–water partition coefficient (Wildman–Crippen LogP) is 3.96. The number of benzene rings is 1. The van der Waals surface area contributed by atoms with Crippen LogP contribution in [0.2, 0.25) is 0 Å². The number of methoxy groups -OCH3 is 1. The number of nitrogens with zero attached hydrogens (tertiary/aromatic N) is 1. The van der Waals surface area contributed by atoms with Gasteiger partial charge in [0, 0.05) is 23.9 Å². The van der Waals surface area contributed by atoms with E-state index in [-0.39, 0.29) is 11.3 Å². The summed E-state index contributed by atoms with van der Waals surface area (Å²) in [5.74, 6) is 2.37. The predicted molar refractivity (Wildman–Crippen MR) is 98.3 cm³/mol. The van der Waals surface area contributed by atoms with Gasteiger partial charge >= 0.3 is 0 Å². The van der Waals surface area contributed by atoms with Crippen LogP contribution in [0, 0.1) is 13.8 Å². The molecule has 0 saturated carbocycles. The number of oxazole rings is 1. The molecular formula is C20H28N2O3. The lowest BCUT2D eigenvalue weighted by molar-refractivity contribution is 0.0953. The molecule has 5 heteroatoms. The summed E-state index contributed by atoms with van der Waals surface area (Å²) in [4.78, 5) is 16.7. The Hall–Kier alpha value is -2.30. The van der Waals surface area contributed by atoms with E-state index in [0.717, 1.165) is 41.5 Å². The van der Waals surface area contributed by atoms with Gasteiger partial charge in [-0.1, -0.05) is 20.8 Å². The molecule has 1 heterocycles. The van der Waals surface area contributed by atoms with Gasteiger partial charge in [-0.15, -0.1) is 0 Å². The van der Waals surface area contributed by atoms with Gasteiger partial charge in [-0.25, -0.2) is 4.98 Å². The van der Waals surface area contributed by atoms with Crippen molar-refractivity contribution in [2.45, 2.75) is 52.9 Å². The zero-order chi connectivity index (χ0) is 18.6. The maximum Gasteiger partial charge on any atom is 0.251 e. The number of amides is 1. The molecular weight excluding hydrogens is 316 g/mol. The standard InChI is InChI=1S/C20H28N2O3/c1-13-12-15(9-10-16(13)24-6)18(23)21-11-7-8-17-14(2)22-19(25-17)20(3,4)5/h9-10,12H,7-8,11H2,1-6H3,(H,21,23). The lowest BCUT2D eigenvalue weighted by atomic mass is 9.97. The Morgan fingerprint density at radius 2 is 2.00 bits per heavy atom. The molecule has 0 bridgehead atoms. The lowest BCUT2D eigenvalue weighted by Gasteiger charge is -2.12. The van der Waals surface area contributed by atoms with Gasteiger partial charge in [0.1, 0.15) is 11.5 Å². The highest BCUT2D eigenvalue weighted by molar-refractivity contribution is 5.94. The highest BCUT2D eigenvalue weighted by atomic mass is 16.5. The van der Waals surface area contributed by atoms with Crippen molar-refractivity contribution in [1.82, 2.24) is 10.3 Å². The zero-order valence-corrected chi connectivity index (χ0v) is 16.0. The molecule has 0 spiro atoms. The molecule has 0 unspecified atom stereocenters. The van der Waals surface area contributed by atoms with E-state index in [4.69, 9.17) is 9.15 Å². The Kier molecular flexibility index (Phi) is 5.88. The lowest BCUT2D eigenvalue weighted by Crippen LogP contribution is -2.24. The third-order valence-electron chi connectivity index (χ3n) is 4.06. The Morgan fingerprint density at radius 3 is 2.56 bits per heavy atom. The molecule has 0 fully saturated rings. The van der Waals surface area contributed by atoms with Gasteiger partial charge in [-0.05, 0) is 44.0 Å². The van der Waals surface area contributed by atoms with Crippen molar-refractivity contribution in [3.8, 4) is 5.75 Å². The van der Waals surface area contributed by atoms with E-state index in [0.29, 0.717) is 12.1 Å². The van der Waals surface area contributed by atoms with Crippen LogP contribution in [-0.4, -0.2) is 24.5 Å². The van der Waals surface area contributed by atoms with E-state index in [9.17, 15) is 4.79 Å². The van der Waals surface area contributed by atoms with Crippen molar-refractivity contribution in [3.05, 3.63) is 46.7 Å². The van der Waals surface area contributed by atoms with E-state index in [1.165, 1.54) is 0 Å². The second-order valence-corrected chi connectivity index (χ2v) is 7.32. The highest BCUT2D eigenvalue weighted by Crippen LogP contribution is 2.24. The summed E-state index contributed by atoms with van der Waals surface area (Å²) in [6.07, 6.45) is 1.57. The number of hydrogen-bond acceptors (Lipinski definition) is 4. The van der Waals surface area contributed by atoms with Gasteiger partial charge in [0.25, 0.3) is 5.91 Å². The number of hydrogen-bond donors (Lipinski definition) is 1. The monoisotopic (exact) mass is 344 g/mol. The molecule has 0 radical (unpaired) electrons. The van der Waals surface area contributed by atoms with E-state index >= 15 is 0 Å². The maximum atomic E-state index is 12.2. The summed E-state index contributed by atoms with van der Waals surface area (Å²) < 4.78 is 11.1. The van der Waals surface area contributed by atoms with E-state index in [1.807, 2.05) is 26.0 Å². The first-order valence-electron chi connectivity index (χ1n) is 8.62. The minimum Gasteiger partial charge on any atom is -0.496 e. The first-order valence-corrected chi connectivity index (χ1v) is 8.62. The Bertz CT molecular complexity index is 742. The third-order valence-corrected chi connectivity index (χ3v) is 4.06. The summed E-state index contributed by atoms with van der Waals surface area (Å²) in [5.41, 5.74) is 2.43. The van der Waals surface area contributed by atoms with Gasteiger partial charge < -0.3 is 14.5 Å². The Morgan fingerprint density at radius 1 is 1.28 bits per heavy atom. The van der Waals surface area contributed by atoms with Gasteiger partial charge in [-0.2, -0.15) is 0 Å². The van der Waals surface area contributed by atoms with Crippen molar-refractivity contribution in [2.24, 2.45) is 0 Å². The van der Waals surface area contributed by atoms with Crippen molar-refractivity contribution in [1.29, 1.82) is 0 Å². The van der Waals surface area contributed by atoms with Crippen LogP contribution in [0.25, 0.3) is 0 Å². The average Bonchev–Trinajstić information content (AvgIpc) is 2.92. The van der Waals surface area contributed by atoms with Crippen LogP contribution in [0.3, 0.4) is 0 Å². The fourth-order valence-corrected chi connectivity index (χ4v) is 2.55. The molecule has 25 heavy (non-hydrogen) atoms. The zero-order valence-electron chi connectivity index (χ0n) is 16.0. The molecule has 1 amide bonds. The van der Waals surface area contributed by atoms with Crippen LogP contribution in [0.4, 0.5) is 0 Å². The van der Waals surface area contributed by atoms with Crippen molar-refractivity contribution < 1.29 is 13.9 Å². The average molecular weight is 344 g/mol. The number of aromatic nitrogens is 1. The normalized spacial score (nSPS) is 11.4. The molecule has 136 valence electrons. The van der Waals surface area contributed by atoms with E-state index in [1.54, 1.807) is 13.2 Å². The van der Waals surface area contributed by atoms with Gasteiger partial charge in [0.15, 0.2) is 5.89 Å². The summed E-state index contributed by atoms with van der Waals surface area (Å²) in [6.45, 7) is 10.7. The minimum atomic E-state index is -0.0938. The molecule has 0 aliphatic heterocycles.